The summed E-state index contributed by atoms with van der Waals surface area (Å²) >= 11 is 0. The van der Waals surface area contributed by atoms with Crippen LogP contribution in [0.4, 0.5) is 4.79 Å². The number of aryl methyl sites for hydroxylation is 1. The van der Waals surface area contributed by atoms with E-state index in [0.717, 1.165) is 76.8 Å². The zero-order valence-corrected chi connectivity index (χ0v) is 17.8. The number of unbranched alkanes of at least 4 members (excludes halogenated alkanes) is 3. The Bertz CT molecular complexity index is 692. The number of nitrogens with one attached hydrogen (secondary N) is 1. The van der Waals surface area contributed by atoms with Gasteiger partial charge in [-0.15, -0.1) is 12.4 Å². The molecule has 0 aromatic heterocycles. The van der Waals surface area contributed by atoms with E-state index in [-0.39, 0.29) is 36.5 Å². The molecule has 160 valence electrons. The summed E-state index contributed by atoms with van der Waals surface area (Å²) < 4.78 is 6.05. The number of urea groups is 1. The number of benzene rings is 1. The van der Waals surface area contributed by atoms with Gasteiger partial charge in [-0.1, -0.05) is 31.0 Å². The van der Waals surface area contributed by atoms with Crippen molar-refractivity contribution in [2.75, 3.05) is 26.2 Å². The van der Waals surface area contributed by atoms with Gasteiger partial charge in [0.15, 0.2) is 0 Å². The highest BCUT2D eigenvalue weighted by molar-refractivity contribution is 6.04. The molecule has 3 aliphatic heterocycles. The Labute approximate surface area is 179 Å². The van der Waals surface area contributed by atoms with Crippen LogP contribution in [0.1, 0.15) is 50.5 Å². The van der Waals surface area contributed by atoms with Crippen LogP contribution in [0.25, 0.3) is 0 Å². The number of carbonyl (C=O) groups is 2. The maximum atomic E-state index is 12.3. The molecule has 2 fully saturated rings. The number of rotatable bonds is 9. The van der Waals surface area contributed by atoms with Crippen LogP contribution in [0.5, 0.6) is 5.75 Å². The lowest BCUT2D eigenvalue weighted by Crippen LogP contribution is -2.34. The van der Waals surface area contributed by atoms with E-state index in [1.807, 2.05) is 6.07 Å². The molecule has 29 heavy (non-hydrogen) atoms. The summed E-state index contributed by atoms with van der Waals surface area (Å²) in [5.74, 6) is 1.06. The molecular weight excluding hydrogens is 390 g/mol. The SMILES string of the molecule is Cl.O=C1C2CCCN2C(=O)N1CCCCCCNCC1CCc2ccccc2O1. The third kappa shape index (κ3) is 5.04. The standard InChI is InChI=1S/C22H31N3O3.ClH/c26-21-19-9-7-15-24(19)22(27)25(21)14-6-2-1-5-13-23-16-18-12-11-17-8-3-4-10-20(17)28-18;/h3-4,8,10,18-19,23H,1-2,5-7,9,11-16H2;1H. The van der Waals surface area contributed by atoms with Crippen molar-refractivity contribution < 1.29 is 14.3 Å². The first-order valence-corrected chi connectivity index (χ1v) is 10.8. The van der Waals surface area contributed by atoms with E-state index < -0.39 is 0 Å². The third-order valence-corrected chi connectivity index (χ3v) is 6.14. The zero-order chi connectivity index (χ0) is 19.3. The number of imide groups is 1. The van der Waals surface area contributed by atoms with Crippen LogP contribution >= 0.6 is 12.4 Å². The van der Waals surface area contributed by atoms with Gasteiger partial charge in [0, 0.05) is 19.6 Å². The van der Waals surface area contributed by atoms with Gasteiger partial charge in [0.05, 0.1) is 0 Å². The van der Waals surface area contributed by atoms with Crippen LogP contribution in [0.2, 0.25) is 0 Å². The van der Waals surface area contributed by atoms with Gasteiger partial charge in [0.25, 0.3) is 5.91 Å². The third-order valence-electron chi connectivity index (χ3n) is 6.14. The number of amides is 3. The summed E-state index contributed by atoms with van der Waals surface area (Å²) in [7, 11) is 0. The van der Waals surface area contributed by atoms with Crippen LogP contribution in [0.3, 0.4) is 0 Å². The number of halogens is 1. The Hall–Kier alpha value is -1.79. The number of ether oxygens (including phenoxy) is 1. The number of carbonyl (C=O) groups excluding carboxylic acids is 2. The highest BCUT2D eigenvalue weighted by atomic mass is 35.5. The molecule has 3 heterocycles. The van der Waals surface area contributed by atoms with Crippen molar-refractivity contribution in [3.05, 3.63) is 29.8 Å². The molecule has 1 aromatic rings. The molecule has 3 aliphatic rings. The van der Waals surface area contributed by atoms with Crippen LogP contribution < -0.4 is 10.1 Å². The van der Waals surface area contributed by atoms with Gasteiger partial charge in [-0.05, 0) is 56.7 Å². The minimum absolute atomic E-state index is 0. The summed E-state index contributed by atoms with van der Waals surface area (Å²) in [6.45, 7) is 3.20. The fraction of sp³-hybridized carbons (Fsp3) is 0.636. The second-order valence-electron chi connectivity index (χ2n) is 8.13. The van der Waals surface area contributed by atoms with Gasteiger partial charge in [-0.25, -0.2) is 4.79 Å². The van der Waals surface area contributed by atoms with E-state index in [1.54, 1.807) is 4.90 Å². The van der Waals surface area contributed by atoms with Gasteiger partial charge in [0.1, 0.15) is 17.9 Å². The monoisotopic (exact) mass is 421 g/mol. The van der Waals surface area contributed by atoms with Gasteiger partial charge < -0.3 is 15.0 Å². The smallest absolute Gasteiger partial charge is 0.327 e. The first kappa shape index (κ1) is 21.9. The van der Waals surface area contributed by atoms with E-state index >= 15 is 0 Å². The van der Waals surface area contributed by atoms with Crippen molar-refractivity contribution >= 4 is 24.3 Å². The molecule has 0 spiro atoms. The van der Waals surface area contributed by atoms with E-state index in [4.69, 9.17) is 4.74 Å². The van der Waals surface area contributed by atoms with Crippen LogP contribution in [-0.4, -0.2) is 60.1 Å². The van der Waals surface area contributed by atoms with Crippen molar-refractivity contribution in [2.24, 2.45) is 0 Å². The van der Waals surface area contributed by atoms with Gasteiger partial charge in [0.2, 0.25) is 0 Å². The van der Waals surface area contributed by atoms with Crippen molar-refractivity contribution in [1.29, 1.82) is 0 Å². The summed E-state index contributed by atoms with van der Waals surface area (Å²) in [6, 6.07) is 8.07. The lowest BCUT2D eigenvalue weighted by molar-refractivity contribution is -0.128. The van der Waals surface area contributed by atoms with Gasteiger partial charge in [-0.3, -0.25) is 9.69 Å². The molecule has 0 bridgehead atoms. The topological polar surface area (TPSA) is 61.9 Å². The maximum absolute atomic E-state index is 12.3. The van der Waals surface area contributed by atoms with Crippen molar-refractivity contribution in [1.82, 2.24) is 15.1 Å². The Morgan fingerprint density at radius 2 is 1.90 bits per heavy atom. The van der Waals surface area contributed by atoms with Crippen LogP contribution in [0.15, 0.2) is 24.3 Å². The average molecular weight is 422 g/mol. The number of hydrogen-bond donors (Lipinski definition) is 1. The molecule has 7 heteroatoms. The molecular formula is C22H32ClN3O3. The maximum Gasteiger partial charge on any atom is 0.327 e. The number of nitrogens with zero attached hydrogens (tertiary/aromatic N) is 2. The molecule has 4 rings (SSSR count). The van der Waals surface area contributed by atoms with Gasteiger partial charge in [-0.2, -0.15) is 0 Å². The van der Waals surface area contributed by atoms with Crippen molar-refractivity contribution in [3.63, 3.8) is 0 Å². The zero-order valence-electron chi connectivity index (χ0n) is 17.0. The predicted molar refractivity (Wildman–Crippen MR) is 115 cm³/mol. The summed E-state index contributed by atoms with van der Waals surface area (Å²) in [4.78, 5) is 27.7. The number of hydrogen-bond acceptors (Lipinski definition) is 4. The molecule has 3 amide bonds. The van der Waals surface area contributed by atoms with Crippen molar-refractivity contribution in [3.8, 4) is 5.75 Å². The Morgan fingerprint density at radius 3 is 2.76 bits per heavy atom. The van der Waals surface area contributed by atoms with Crippen molar-refractivity contribution in [2.45, 2.75) is 63.5 Å². The Balaban J connectivity index is 0.00000240. The fourth-order valence-electron chi connectivity index (χ4n) is 4.55. The predicted octanol–water partition coefficient (Wildman–Crippen LogP) is 3.38. The first-order valence-electron chi connectivity index (χ1n) is 10.8. The Morgan fingerprint density at radius 1 is 1.07 bits per heavy atom. The molecule has 6 nitrogen and oxygen atoms in total. The number of fused-ring (bicyclic) bond motifs is 2. The van der Waals surface area contributed by atoms with Crippen LogP contribution in [-0.2, 0) is 11.2 Å². The first-order chi connectivity index (χ1) is 13.7. The summed E-state index contributed by atoms with van der Waals surface area (Å²) in [5.41, 5.74) is 1.31. The minimum Gasteiger partial charge on any atom is -0.489 e. The number of para-hydroxylation sites is 1. The summed E-state index contributed by atoms with van der Waals surface area (Å²) in [5, 5.41) is 3.51. The normalized spacial score (nSPS) is 22.9. The quantitative estimate of drug-likeness (QED) is 0.490. The van der Waals surface area contributed by atoms with E-state index in [2.05, 4.69) is 23.5 Å². The van der Waals surface area contributed by atoms with E-state index in [0.29, 0.717) is 6.54 Å². The molecule has 0 aliphatic carbocycles. The molecule has 0 radical (unpaired) electrons. The lowest BCUT2D eigenvalue weighted by atomic mass is 10.0. The van der Waals surface area contributed by atoms with Crippen LogP contribution in [0, 0.1) is 0 Å². The molecule has 2 atom stereocenters. The Kier molecular flexibility index (Phi) is 7.78. The molecule has 0 saturated carbocycles. The molecule has 2 saturated heterocycles. The average Bonchev–Trinajstić information content (AvgIpc) is 3.29. The summed E-state index contributed by atoms with van der Waals surface area (Å²) in [6.07, 6.45) is 8.40. The minimum atomic E-state index is -0.161. The fourth-order valence-corrected chi connectivity index (χ4v) is 4.55. The molecule has 1 N–H and O–H groups in total. The largest absolute Gasteiger partial charge is 0.489 e. The second-order valence-corrected chi connectivity index (χ2v) is 8.13. The van der Waals surface area contributed by atoms with E-state index in [9.17, 15) is 9.59 Å². The van der Waals surface area contributed by atoms with Gasteiger partial charge >= 0.3 is 6.03 Å². The molecule has 1 aromatic carbocycles. The highest BCUT2D eigenvalue weighted by Gasteiger charge is 2.46. The highest BCUT2D eigenvalue weighted by Crippen LogP contribution is 2.28. The molecule has 2 unspecified atom stereocenters. The van der Waals surface area contributed by atoms with E-state index in [1.165, 1.54) is 10.5 Å². The second kappa shape index (κ2) is 10.3. The lowest BCUT2D eigenvalue weighted by Gasteiger charge is -2.26.